The van der Waals surface area contributed by atoms with Crippen molar-refractivity contribution in [1.29, 1.82) is 0 Å². The van der Waals surface area contributed by atoms with Crippen molar-refractivity contribution in [3.63, 3.8) is 0 Å². The summed E-state index contributed by atoms with van der Waals surface area (Å²) < 4.78 is 0. The highest BCUT2D eigenvalue weighted by Crippen LogP contribution is 2.21. The molecule has 1 rings (SSSR count). The molecular formula is C8H17NO. The maximum atomic E-state index is 8.80. The lowest BCUT2D eigenvalue weighted by Gasteiger charge is -2.11. The molecule has 0 bridgehead atoms. The number of rotatable bonds is 2. The van der Waals surface area contributed by atoms with Crippen LogP contribution in [0.25, 0.3) is 0 Å². The number of hydrogen-bond acceptors (Lipinski definition) is 2. The summed E-state index contributed by atoms with van der Waals surface area (Å²) in [4.78, 5) is 0. The summed E-state index contributed by atoms with van der Waals surface area (Å²) in [7, 11) is 0. The van der Waals surface area contributed by atoms with Crippen molar-refractivity contribution in [2.24, 2.45) is 11.8 Å². The Morgan fingerprint density at radius 3 is 2.60 bits per heavy atom. The zero-order chi connectivity index (χ0) is 7.56. The van der Waals surface area contributed by atoms with Crippen molar-refractivity contribution in [2.75, 3.05) is 13.2 Å². The van der Waals surface area contributed by atoms with Crippen LogP contribution in [0, 0.1) is 11.8 Å². The van der Waals surface area contributed by atoms with Gasteiger partial charge in [0, 0.05) is 6.04 Å². The smallest absolute Gasteiger partial charge is 0.0584 e. The molecule has 2 nitrogen and oxygen atoms in total. The van der Waals surface area contributed by atoms with Gasteiger partial charge < -0.3 is 10.4 Å². The standard InChI is InChI=1S/C8H17NO/c1-6(2)7-3-8(5-10)9-4-7/h6-10H,3-5H2,1-2H3/t7-,8-/m0/s1. The van der Waals surface area contributed by atoms with Gasteiger partial charge in [0.1, 0.15) is 0 Å². The van der Waals surface area contributed by atoms with Gasteiger partial charge >= 0.3 is 0 Å². The average molecular weight is 143 g/mol. The second-order valence-electron chi connectivity index (χ2n) is 3.53. The van der Waals surface area contributed by atoms with Crippen molar-refractivity contribution >= 4 is 0 Å². The molecule has 0 aromatic rings. The molecule has 0 saturated carbocycles. The van der Waals surface area contributed by atoms with Crippen LogP contribution < -0.4 is 5.32 Å². The third kappa shape index (κ3) is 1.70. The Bertz CT molecular complexity index is 103. The van der Waals surface area contributed by atoms with Gasteiger partial charge in [-0.2, -0.15) is 0 Å². The lowest BCUT2D eigenvalue weighted by molar-refractivity contribution is 0.250. The summed E-state index contributed by atoms with van der Waals surface area (Å²) in [5, 5.41) is 12.1. The normalized spacial score (nSPS) is 33.6. The van der Waals surface area contributed by atoms with Gasteiger partial charge in [0.2, 0.25) is 0 Å². The molecule has 0 radical (unpaired) electrons. The molecule has 1 heterocycles. The molecule has 0 amide bonds. The van der Waals surface area contributed by atoms with Crippen LogP contribution in [0.4, 0.5) is 0 Å². The van der Waals surface area contributed by atoms with Crippen LogP contribution in [0.15, 0.2) is 0 Å². The predicted molar refractivity (Wildman–Crippen MR) is 41.8 cm³/mol. The van der Waals surface area contributed by atoms with Crippen LogP contribution in [0.3, 0.4) is 0 Å². The van der Waals surface area contributed by atoms with E-state index in [1.54, 1.807) is 0 Å². The highest BCUT2D eigenvalue weighted by Gasteiger charge is 2.24. The van der Waals surface area contributed by atoms with E-state index >= 15 is 0 Å². The molecule has 0 aliphatic carbocycles. The summed E-state index contributed by atoms with van der Waals surface area (Å²) in [6.45, 7) is 5.87. The summed E-state index contributed by atoms with van der Waals surface area (Å²) in [6.07, 6.45) is 1.15. The Labute approximate surface area is 62.6 Å². The molecule has 0 unspecified atom stereocenters. The Morgan fingerprint density at radius 2 is 2.30 bits per heavy atom. The van der Waals surface area contributed by atoms with E-state index in [4.69, 9.17) is 5.11 Å². The minimum Gasteiger partial charge on any atom is -0.395 e. The molecule has 2 atom stereocenters. The fourth-order valence-electron chi connectivity index (χ4n) is 1.50. The highest BCUT2D eigenvalue weighted by molar-refractivity contribution is 4.82. The summed E-state index contributed by atoms with van der Waals surface area (Å²) in [6, 6.07) is 0.368. The number of hydrogen-bond donors (Lipinski definition) is 2. The molecule has 2 N–H and O–H groups in total. The molecule has 1 saturated heterocycles. The lowest BCUT2D eigenvalue weighted by atomic mass is 9.94. The van der Waals surface area contributed by atoms with Crippen molar-refractivity contribution in [3.05, 3.63) is 0 Å². The number of aliphatic hydroxyl groups excluding tert-OH is 1. The van der Waals surface area contributed by atoms with Gasteiger partial charge in [-0.25, -0.2) is 0 Å². The maximum Gasteiger partial charge on any atom is 0.0584 e. The molecular weight excluding hydrogens is 126 g/mol. The highest BCUT2D eigenvalue weighted by atomic mass is 16.3. The Hall–Kier alpha value is -0.0800. The van der Waals surface area contributed by atoms with Gasteiger partial charge in [0.25, 0.3) is 0 Å². The molecule has 10 heavy (non-hydrogen) atoms. The third-order valence-electron chi connectivity index (χ3n) is 2.42. The first-order valence-electron chi connectivity index (χ1n) is 4.08. The maximum absolute atomic E-state index is 8.80. The molecule has 0 spiro atoms. The molecule has 1 fully saturated rings. The van der Waals surface area contributed by atoms with Gasteiger partial charge in [0.05, 0.1) is 6.61 Å². The average Bonchev–Trinajstić information content (AvgIpc) is 2.34. The van der Waals surface area contributed by atoms with Crippen molar-refractivity contribution < 1.29 is 5.11 Å². The Kier molecular flexibility index (Phi) is 2.69. The number of nitrogens with one attached hydrogen (secondary N) is 1. The molecule has 2 heteroatoms. The SMILES string of the molecule is CC(C)[C@@H]1CN[C@H](CO)C1. The van der Waals surface area contributed by atoms with Crippen LogP contribution in [-0.2, 0) is 0 Å². The van der Waals surface area contributed by atoms with Gasteiger partial charge in [-0.15, -0.1) is 0 Å². The first-order valence-corrected chi connectivity index (χ1v) is 4.08. The van der Waals surface area contributed by atoms with E-state index in [9.17, 15) is 0 Å². The van der Waals surface area contributed by atoms with Crippen molar-refractivity contribution in [1.82, 2.24) is 5.32 Å². The van der Waals surface area contributed by atoms with E-state index < -0.39 is 0 Å². The summed E-state index contributed by atoms with van der Waals surface area (Å²) in [5.74, 6) is 1.53. The lowest BCUT2D eigenvalue weighted by Crippen LogP contribution is -2.24. The minimum absolute atomic E-state index is 0.295. The first kappa shape index (κ1) is 8.02. The fraction of sp³-hybridized carbons (Fsp3) is 1.00. The zero-order valence-electron chi connectivity index (χ0n) is 6.80. The zero-order valence-corrected chi connectivity index (χ0v) is 6.80. The van der Waals surface area contributed by atoms with E-state index in [1.807, 2.05) is 0 Å². The van der Waals surface area contributed by atoms with Gasteiger partial charge in [-0.1, -0.05) is 13.8 Å². The quantitative estimate of drug-likeness (QED) is 0.593. The van der Waals surface area contributed by atoms with E-state index in [2.05, 4.69) is 19.2 Å². The van der Waals surface area contributed by atoms with Crippen LogP contribution in [0.5, 0.6) is 0 Å². The Balaban J connectivity index is 2.28. The van der Waals surface area contributed by atoms with E-state index in [0.717, 1.165) is 24.8 Å². The largest absolute Gasteiger partial charge is 0.395 e. The fourth-order valence-corrected chi connectivity index (χ4v) is 1.50. The molecule has 1 aliphatic heterocycles. The summed E-state index contributed by atoms with van der Waals surface area (Å²) in [5.41, 5.74) is 0. The van der Waals surface area contributed by atoms with Gasteiger partial charge in [-0.05, 0) is 24.8 Å². The first-order chi connectivity index (χ1) is 4.74. The molecule has 0 aromatic carbocycles. The van der Waals surface area contributed by atoms with E-state index in [1.165, 1.54) is 0 Å². The van der Waals surface area contributed by atoms with Gasteiger partial charge in [0.15, 0.2) is 0 Å². The van der Waals surface area contributed by atoms with Crippen molar-refractivity contribution in [2.45, 2.75) is 26.3 Å². The third-order valence-corrected chi connectivity index (χ3v) is 2.42. The Morgan fingerprint density at radius 1 is 1.60 bits per heavy atom. The molecule has 60 valence electrons. The van der Waals surface area contributed by atoms with Crippen LogP contribution in [-0.4, -0.2) is 24.3 Å². The topological polar surface area (TPSA) is 32.3 Å². The monoisotopic (exact) mass is 143 g/mol. The van der Waals surface area contributed by atoms with E-state index in [0.29, 0.717) is 12.6 Å². The predicted octanol–water partition coefficient (Wildman–Crippen LogP) is 0.613. The van der Waals surface area contributed by atoms with Gasteiger partial charge in [-0.3, -0.25) is 0 Å². The molecule has 1 aliphatic rings. The summed E-state index contributed by atoms with van der Waals surface area (Å²) >= 11 is 0. The van der Waals surface area contributed by atoms with Crippen molar-refractivity contribution in [3.8, 4) is 0 Å². The second-order valence-corrected chi connectivity index (χ2v) is 3.53. The minimum atomic E-state index is 0.295. The second kappa shape index (κ2) is 3.35. The van der Waals surface area contributed by atoms with E-state index in [-0.39, 0.29) is 0 Å². The van der Waals surface area contributed by atoms with Crippen LogP contribution in [0.2, 0.25) is 0 Å². The number of aliphatic hydroxyl groups is 1. The van der Waals surface area contributed by atoms with Crippen LogP contribution >= 0.6 is 0 Å². The van der Waals surface area contributed by atoms with Crippen LogP contribution in [0.1, 0.15) is 20.3 Å². The molecule has 0 aromatic heterocycles.